The second kappa shape index (κ2) is 14.8. The Labute approximate surface area is 398 Å². The van der Waals surface area contributed by atoms with E-state index in [0.717, 1.165) is 68.9 Å². The van der Waals surface area contributed by atoms with Gasteiger partial charge in [0.2, 0.25) is 0 Å². The molecule has 9 aromatic carbocycles. The van der Waals surface area contributed by atoms with Crippen molar-refractivity contribution in [2.45, 2.75) is 50.5 Å². The number of benzene rings is 9. The molecule has 326 valence electrons. The molecular weight excluding hydrogens is 828 g/mol. The molecule has 1 aromatic heterocycles. The highest BCUT2D eigenvalue weighted by molar-refractivity contribution is 7.00. The Morgan fingerprint density at radius 1 is 0.456 bits per heavy atom. The lowest BCUT2D eigenvalue weighted by atomic mass is 9.33. The van der Waals surface area contributed by atoms with Gasteiger partial charge in [-0.25, -0.2) is 0 Å². The van der Waals surface area contributed by atoms with Gasteiger partial charge in [0.15, 0.2) is 5.58 Å². The minimum atomic E-state index is -0.109. The highest BCUT2D eigenvalue weighted by Crippen LogP contribution is 2.62. The molecule has 0 bridgehead atoms. The minimum Gasteiger partial charge on any atom is -0.454 e. The fourth-order valence-electron chi connectivity index (χ4n) is 12.9. The third-order valence-corrected chi connectivity index (χ3v) is 16.1. The van der Waals surface area contributed by atoms with Gasteiger partial charge in [-0.1, -0.05) is 141 Å². The summed E-state index contributed by atoms with van der Waals surface area (Å²) in [5, 5.41) is 2.25. The average Bonchev–Trinajstić information content (AvgIpc) is 3.87. The van der Waals surface area contributed by atoms with Gasteiger partial charge in [0.05, 0.1) is 11.2 Å². The second-order valence-electron chi connectivity index (χ2n) is 19.6. The molecule has 2 atom stereocenters. The fraction of sp³-hybridized carbons (Fsp3) is 0.129. The summed E-state index contributed by atoms with van der Waals surface area (Å²) in [6, 6.07) is 78.1. The summed E-state index contributed by atoms with van der Waals surface area (Å²) in [5.74, 6) is 0. The van der Waals surface area contributed by atoms with E-state index in [2.05, 4.69) is 246 Å². The van der Waals surface area contributed by atoms with Crippen LogP contribution in [0.2, 0.25) is 0 Å². The van der Waals surface area contributed by atoms with Crippen LogP contribution in [-0.4, -0.2) is 12.3 Å². The third kappa shape index (κ3) is 5.46. The molecule has 4 heterocycles. The van der Waals surface area contributed by atoms with E-state index in [9.17, 15) is 0 Å². The molecule has 0 spiro atoms. The summed E-state index contributed by atoms with van der Waals surface area (Å²) in [7, 11) is 0. The van der Waals surface area contributed by atoms with Crippen LogP contribution in [0.5, 0.6) is 0 Å². The van der Waals surface area contributed by atoms with Crippen LogP contribution >= 0.6 is 0 Å². The van der Waals surface area contributed by atoms with Crippen molar-refractivity contribution >= 4 is 108 Å². The van der Waals surface area contributed by atoms with E-state index in [0.29, 0.717) is 0 Å². The highest BCUT2D eigenvalue weighted by atomic mass is 16.3. The van der Waals surface area contributed by atoms with Gasteiger partial charge in [0, 0.05) is 73.1 Å². The number of fused-ring (bicyclic) bond motifs is 10. The van der Waals surface area contributed by atoms with Crippen LogP contribution in [-0.2, 0) is 5.41 Å². The molecule has 0 saturated heterocycles. The average molecular weight is 877 g/mol. The van der Waals surface area contributed by atoms with Crippen LogP contribution < -0.4 is 36.0 Å². The molecular formula is C62H49BN4O. The number of furan rings is 1. The first-order chi connectivity index (χ1) is 33.5. The first kappa shape index (κ1) is 39.2. The van der Waals surface area contributed by atoms with Gasteiger partial charge in [-0.15, -0.1) is 0 Å². The highest BCUT2D eigenvalue weighted by Gasteiger charge is 2.59. The van der Waals surface area contributed by atoms with Crippen LogP contribution in [0.3, 0.4) is 0 Å². The van der Waals surface area contributed by atoms with Gasteiger partial charge < -0.3 is 24.0 Å². The molecule has 5 nitrogen and oxygen atoms in total. The topological polar surface area (TPSA) is 26.1 Å². The van der Waals surface area contributed by atoms with Crippen LogP contribution in [0.1, 0.15) is 45.1 Å². The van der Waals surface area contributed by atoms with Gasteiger partial charge in [0.25, 0.3) is 6.71 Å². The van der Waals surface area contributed by atoms with Crippen molar-refractivity contribution in [2.24, 2.45) is 0 Å². The summed E-state index contributed by atoms with van der Waals surface area (Å²) >= 11 is 0. The van der Waals surface area contributed by atoms with Crippen molar-refractivity contribution in [3.63, 3.8) is 0 Å². The molecule has 14 rings (SSSR count). The lowest BCUT2D eigenvalue weighted by Gasteiger charge is -2.50. The number of rotatable bonds is 6. The number of anilines is 11. The van der Waals surface area contributed by atoms with Crippen LogP contribution in [0.4, 0.5) is 62.6 Å². The summed E-state index contributed by atoms with van der Waals surface area (Å²) in [5.41, 5.74) is 19.8. The zero-order valence-corrected chi connectivity index (χ0v) is 38.3. The number of nitrogens with zero attached hydrogens (tertiary/aromatic N) is 4. The van der Waals surface area contributed by atoms with E-state index in [-0.39, 0.29) is 17.7 Å². The molecule has 2 unspecified atom stereocenters. The molecule has 10 aromatic rings. The first-order valence-electron chi connectivity index (χ1n) is 24.3. The van der Waals surface area contributed by atoms with E-state index < -0.39 is 0 Å². The maximum Gasteiger partial charge on any atom is 0.252 e. The molecule has 6 heteroatoms. The summed E-state index contributed by atoms with van der Waals surface area (Å²) in [6.07, 6.45) is 4.71. The molecule has 0 amide bonds. The van der Waals surface area contributed by atoms with E-state index in [1.54, 1.807) is 0 Å². The lowest BCUT2D eigenvalue weighted by molar-refractivity contribution is 0.195. The Morgan fingerprint density at radius 3 is 1.78 bits per heavy atom. The zero-order chi connectivity index (χ0) is 45.1. The van der Waals surface area contributed by atoms with Gasteiger partial charge in [-0.05, 0) is 133 Å². The molecule has 1 saturated carbocycles. The van der Waals surface area contributed by atoms with Crippen molar-refractivity contribution in [1.82, 2.24) is 0 Å². The molecule has 1 aliphatic carbocycles. The van der Waals surface area contributed by atoms with E-state index >= 15 is 0 Å². The SMILES string of the molecule is CC12CCCCC1(C)N(c1ccccc1)c1cc3c(cc12)B1c2ccc(N(c4ccccc4)c4ccccc4)cc2N(c2ccccc2)c2cccc(c21)N3c1cccc2c1oc1ccccc12. The number of hydrogen-bond donors (Lipinski definition) is 0. The monoisotopic (exact) mass is 876 g/mol. The maximum absolute atomic E-state index is 6.94. The Bertz CT molecular complexity index is 3560. The Hall–Kier alpha value is -7.96. The molecule has 3 aliphatic heterocycles. The largest absolute Gasteiger partial charge is 0.454 e. The molecule has 0 N–H and O–H groups in total. The van der Waals surface area contributed by atoms with Gasteiger partial charge in [0.1, 0.15) is 5.58 Å². The van der Waals surface area contributed by atoms with Crippen LogP contribution in [0, 0.1) is 0 Å². The predicted molar refractivity (Wildman–Crippen MR) is 285 cm³/mol. The van der Waals surface area contributed by atoms with Gasteiger partial charge in [-0.2, -0.15) is 0 Å². The smallest absolute Gasteiger partial charge is 0.252 e. The van der Waals surface area contributed by atoms with Crippen LogP contribution in [0.25, 0.3) is 21.9 Å². The standard InChI is InChI=1S/C62H49BN4O/c1-61-37-17-18-38-62(61,2)67(45-27-13-6-14-28-45)55-41-57-51(40-49(55)61)63-50-36-35-46(64(42-21-7-3-8-22-42)43-23-9-4-10-24-43)39-56(50)65(44-25-11-5-12-26-44)52-31-20-32-53(59(52)63)66(57)54-33-19-30-48-47-29-15-16-34-58(47)68-60(48)54/h3-16,19-36,39-41H,17-18,37-38H2,1-2H3. The van der Waals surface area contributed by atoms with E-state index in [1.165, 1.54) is 63.2 Å². The van der Waals surface area contributed by atoms with E-state index in [1.807, 2.05) is 0 Å². The Morgan fingerprint density at radius 2 is 1.04 bits per heavy atom. The zero-order valence-electron chi connectivity index (χ0n) is 38.3. The van der Waals surface area contributed by atoms with Gasteiger partial charge in [-0.3, -0.25) is 0 Å². The van der Waals surface area contributed by atoms with Gasteiger partial charge >= 0.3 is 0 Å². The first-order valence-corrected chi connectivity index (χ1v) is 24.3. The summed E-state index contributed by atoms with van der Waals surface area (Å²) in [4.78, 5) is 10.2. The van der Waals surface area contributed by atoms with Crippen molar-refractivity contribution < 1.29 is 4.42 Å². The number of para-hydroxylation sites is 6. The third-order valence-electron chi connectivity index (χ3n) is 16.1. The summed E-state index contributed by atoms with van der Waals surface area (Å²) < 4.78 is 6.94. The minimum absolute atomic E-state index is 0.0530. The molecule has 1 fully saturated rings. The second-order valence-corrected chi connectivity index (χ2v) is 19.6. The molecule has 4 aliphatic rings. The van der Waals surface area contributed by atoms with Crippen molar-refractivity contribution in [3.05, 3.63) is 218 Å². The Balaban J connectivity index is 1.08. The van der Waals surface area contributed by atoms with Crippen molar-refractivity contribution in [3.8, 4) is 0 Å². The molecule has 0 radical (unpaired) electrons. The quantitative estimate of drug-likeness (QED) is 0.155. The number of hydrogen-bond acceptors (Lipinski definition) is 5. The van der Waals surface area contributed by atoms with E-state index in [4.69, 9.17) is 4.42 Å². The predicted octanol–water partition coefficient (Wildman–Crippen LogP) is 14.9. The van der Waals surface area contributed by atoms with Crippen LogP contribution in [0.15, 0.2) is 217 Å². The normalized spacial score (nSPS) is 18.8. The van der Waals surface area contributed by atoms with Crippen molar-refractivity contribution in [1.29, 1.82) is 0 Å². The maximum atomic E-state index is 6.94. The summed E-state index contributed by atoms with van der Waals surface area (Å²) in [6.45, 7) is 5.05. The van der Waals surface area contributed by atoms with Crippen molar-refractivity contribution in [2.75, 3.05) is 19.6 Å². The Kier molecular flexibility index (Phi) is 8.52. The fourth-order valence-corrected chi connectivity index (χ4v) is 12.9. The molecule has 68 heavy (non-hydrogen) atoms. The lowest BCUT2D eigenvalue weighted by Crippen LogP contribution is -2.61.